The highest BCUT2D eigenvalue weighted by Gasteiger charge is 2.16. The largest absolute Gasteiger partial charge is 0.338 e. The Morgan fingerprint density at radius 1 is 1.12 bits per heavy atom. The van der Waals surface area contributed by atoms with Crippen LogP contribution in [0.5, 0.6) is 0 Å². The zero-order chi connectivity index (χ0) is 17.8. The molecular formula is C17H21FN6O. The van der Waals surface area contributed by atoms with E-state index in [-0.39, 0.29) is 5.82 Å². The second-order valence-electron chi connectivity index (χ2n) is 6.05. The SMILES string of the molecule is Cc1c(F)cccc1NC(=O)Nc1cnc(N2CCN(C)CC2)nc1. The van der Waals surface area contributed by atoms with Crippen molar-refractivity contribution in [1.82, 2.24) is 14.9 Å². The number of likely N-dealkylation sites (N-methyl/N-ethyl adjacent to an activating group) is 1. The highest BCUT2D eigenvalue weighted by atomic mass is 19.1. The molecule has 8 heteroatoms. The average Bonchev–Trinajstić information content (AvgIpc) is 2.60. The van der Waals surface area contributed by atoms with E-state index >= 15 is 0 Å². The third-order valence-electron chi connectivity index (χ3n) is 4.20. The second kappa shape index (κ2) is 7.43. The van der Waals surface area contributed by atoms with Gasteiger partial charge in [0.15, 0.2) is 0 Å². The summed E-state index contributed by atoms with van der Waals surface area (Å²) >= 11 is 0. The summed E-state index contributed by atoms with van der Waals surface area (Å²) in [4.78, 5) is 25.0. The Morgan fingerprint density at radius 2 is 1.80 bits per heavy atom. The minimum atomic E-state index is -0.468. The van der Waals surface area contributed by atoms with Gasteiger partial charge in [0.25, 0.3) is 0 Å². The van der Waals surface area contributed by atoms with Gasteiger partial charge in [-0.15, -0.1) is 0 Å². The first-order chi connectivity index (χ1) is 12.0. The molecule has 0 aliphatic carbocycles. The first kappa shape index (κ1) is 17.1. The molecule has 0 saturated carbocycles. The number of carbonyl (C=O) groups excluding carboxylic acids is 1. The Hall–Kier alpha value is -2.74. The van der Waals surface area contributed by atoms with Crippen LogP contribution in [0.15, 0.2) is 30.6 Å². The number of carbonyl (C=O) groups is 1. The van der Waals surface area contributed by atoms with Crippen molar-refractivity contribution in [1.29, 1.82) is 0 Å². The molecule has 2 heterocycles. The number of halogens is 1. The molecular weight excluding hydrogens is 323 g/mol. The summed E-state index contributed by atoms with van der Waals surface area (Å²) in [5.41, 5.74) is 1.29. The van der Waals surface area contributed by atoms with E-state index in [1.165, 1.54) is 6.07 Å². The summed E-state index contributed by atoms with van der Waals surface area (Å²) in [5, 5.41) is 5.27. The first-order valence-electron chi connectivity index (χ1n) is 8.11. The van der Waals surface area contributed by atoms with Gasteiger partial charge in [0.2, 0.25) is 5.95 Å². The number of nitrogens with zero attached hydrogens (tertiary/aromatic N) is 4. The fourth-order valence-electron chi connectivity index (χ4n) is 2.58. The predicted molar refractivity (Wildman–Crippen MR) is 95.5 cm³/mol. The number of amides is 2. The van der Waals surface area contributed by atoms with Gasteiger partial charge >= 0.3 is 6.03 Å². The number of piperazine rings is 1. The van der Waals surface area contributed by atoms with Gasteiger partial charge in [0.1, 0.15) is 5.82 Å². The first-order valence-corrected chi connectivity index (χ1v) is 8.11. The second-order valence-corrected chi connectivity index (χ2v) is 6.05. The maximum Gasteiger partial charge on any atom is 0.323 e. The lowest BCUT2D eigenvalue weighted by Crippen LogP contribution is -2.45. The molecule has 2 N–H and O–H groups in total. The van der Waals surface area contributed by atoms with Crippen LogP contribution in [-0.2, 0) is 0 Å². The maximum absolute atomic E-state index is 13.5. The summed E-state index contributed by atoms with van der Waals surface area (Å²) in [6, 6.07) is 4.07. The van der Waals surface area contributed by atoms with Gasteiger partial charge < -0.3 is 20.4 Å². The minimum absolute atomic E-state index is 0.363. The van der Waals surface area contributed by atoms with Crippen LogP contribution in [0.4, 0.5) is 26.5 Å². The topological polar surface area (TPSA) is 73.4 Å². The van der Waals surface area contributed by atoms with Crippen molar-refractivity contribution in [3.8, 4) is 0 Å². The lowest BCUT2D eigenvalue weighted by molar-refractivity contribution is 0.262. The minimum Gasteiger partial charge on any atom is -0.338 e. The van der Waals surface area contributed by atoms with Crippen LogP contribution in [0.25, 0.3) is 0 Å². The van der Waals surface area contributed by atoms with Crippen LogP contribution in [0.2, 0.25) is 0 Å². The van der Waals surface area contributed by atoms with Crippen LogP contribution in [0, 0.1) is 12.7 Å². The van der Waals surface area contributed by atoms with Crippen molar-refractivity contribution >= 4 is 23.4 Å². The third kappa shape index (κ3) is 4.21. The summed E-state index contributed by atoms with van der Waals surface area (Å²) in [6.07, 6.45) is 3.14. The molecule has 25 heavy (non-hydrogen) atoms. The van der Waals surface area contributed by atoms with Gasteiger partial charge in [0.05, 0.1) is 18.1 Å². The molecule has 0 atom stereocenters. The van der Waals surface area contributed by atoms with Crippen molar-refractivity contribution in [3.63, 3.8) is 0 Å². The molecule has 132 valence electrons. The maximum atomic E-state index is 13.5. The Kier molecular flexibility index (Phi) is 5.08. The number of aromatic nitrogens is 2. The molecule has 1 saturated heterocycles. The molecule has 2 amide bonds. The lowest BCUT2D eigenvalue weighted by Gasteiger charge is -2.32. The quantitative estimate of drug-likeness (QED) is 0.894. The molecule has 0 spiro atoms. The molecule has 7 nitrogen and oxygen atoms in total. The van der Waals surface area contributed by atoms with E-state index in [0.717, 1.165) is 26.2 Å². The fraction of sp³-hybridized carbons (Fsp3) is 0.353. The molecule has 1 aliphatic heterocycles. The van der Waals surface area contributed by atoms with Crippen molar-refractivity contribution in [2.75, 3.05) is 48.8 Å². The van der Waals surface area contributed by atoms with Crippen LogP contribution < -0.4 is 15.5 Å². The number of hydrogen-bond acceptors (Lipinski definition) is 5. The van der Waals surface area contributed by atoms with Crippen LogP contribution in [0.1, 0.15) is 5.56 Å². The number of rotatable bonds is 3. The zero-order valence-corrected chi connectivity index (χ0v) is 14.3. The highest BCUT2D eigenvalue weighted by Crippen LogP contribution is 2.18. The number of nitrogens with one attached hydrogen (secondary N) is 2. The Labute approximate surface area is 145 Å². The van der Waals surface area contributed by atoms with Gasteiger partial charge in [-0.25, -0.2) is 19.2 Å². The molecule has 2 aromatic rings. The molecule has 0 bridgehead atoms. The number of benzene rings is 1. The molecule has 0 unspecified atom stereocenters. The summed E-state index contributed by atoms with van der Waals surface area (Å²) in [6.45, 7) is 5.31. The monoisotopic (exact) mass is 344 g/mol. The molecule has 1 aromatic heterocycles. The summed E-state index contributed by atoms with van der Waals surface area (Å²) < 4.78 is 13.5. The van der Waals surface area contributed by atoms with Crippen molar-refractivity contribution < 1.29 is 9.18 Å². The molecule has 1 aliphatic rings. The Balaban J connectivity index is 1.59. The molecule has 1 fully saturated rings. The standard InChI is InChI=1S/C17H21FN6O/c1-12-14(18)4-3-5-15(12)22-17(25)21-13-10-19-16(20-11-13)24-8-6-23(2)7-9-24/h3-5,10-11H,6-9H2,1-2H3,(H2,21,22,25). The fourth-order valence-corrected chi connectivity index (χ4v) is 2.58. The number of hydrogen-bond donors (Lipinski definition) is 2. The average molecular weight is 344 g/mol. The smallest absolute Gasteiger partial charge is 0.323 e. The predicted octanol–water partition coefficient (Wildman–Crippen LogP) is 2.32. The van der Waals surface area contributed by atoms with Gasteiger partial charge in [0, 0.05) is 37.4 Å². The lowest BCUT2D eigenvalue weighted by atomic mass is 10.2. The van der Waals surface area contributed by atoms with E-state index < -0.39 is 6.03 Å². The van der Waals surface area contributed by atoms with Crippen LogP contribution >= 0.6 is 0 Å². The van der Waals surface area contributed by atoms with Crippen molar-refractivity contribution in [2.24, 2.45) is 0 Å². The van der Waals surface area contributed by atoms with E-state index in [9.17, 15) is 9.18 Å². The number of anilines is 3. The van der Waals surface area contributed by atoms with Gasteiger partial charge in [-0.2, -0.15) is 0 Å². The molecule has 0 radical (unpaired) electrons. The van der Waals surface area contributed by atoms with Crippen LogP contribution in [-0.4, -0.2) is 54.1 Å². The molecule has 1 aromatic carbocycles. The number of urea groups is 1. The van der Waals surface area contributed by atoms with Gasteiger partial charge in [-0.3, -0.25) is 0 Å². The van der Waals surface area contributed by atoms with Crippen molar-refractivity contribution in [3.05, 3.63) is 42.0 Å². The Bertz CT molecular complexity index is 743. The zero-order valence-electron chi connectivity index (χ0n) is 14.3. The van der Waals surface area contributed by atoms with Crippen LogP contribution in [0.3, 0.4) is 0 Å². The summed E-state index contributed by atoms with van der Waals surface area (Å²) in [5.74, 6) is 0.290. The van der Waals surface area contributed by atoms with Crippen molar-refractivity contribution in [2.45, 2.75) is 6.92 Å². The normalized spacial score (nSPS) is 15.1. The molecule has 3 rings (SSSR count). The highest BCUT2D eigenvalue weighted by molar-refractivity contribution is 6.00. The van der Waals surface area contributed by atoms with E-state index in [4.69, 9.17) is 0 Å². The van der Waals surface area contributed by atoms with E-state index in [1.807, 2.05) is 0 Å². The van der Waals surface area contributed by atoms with E-state index in [1.54, 1.807) is 31.5 Å². The van der Waals surface area contributed by atoms with E-state index in [0.29, 0.717) is 22.9 Å². The van der Waals surface area contributed by atoms with Gasteiger partial charge in [-0.1, -0.05) is 6.07 Å². The van der Waals surface area contributed by atoms with Gasteiger partial charge in [-0.05, 0) is 26.1 Å². The van der Waals surface area contributed by atoms with E-state index in [2.05, 4.69) is 37.4 Å². The Morgan fingerprint density at radius 3 is 2.48 bits per heavy atom. The third-order valence-corrected chi connectivity index (χ3v) is 4.20. The summed E-state index contributed by atoms with van der Waals surface area (Å²) in [7, 11) is 2.09.